The number of carbonyl (C=O) groups is 1. The quantitative estimate of drug-likeness (QED) is 0.405. The van der Waals surface area contributed by atoms with Crippen molar-refractivity contribution in [1.29, 1.82) is 0 Å². The molecule has 0 radical (unpaired) electrons. The molecule has 10 nitrogen and oxygen atoms in total. The van der Waals surface area contributed by atoms with Crippen LogP contribution in [0.5, 0.6) is 0 Å². The molecule has 226 valence electrons. The Morgan fingerprint density at radius 2 is 2.02 bits per heavy atom. The highest BCUT2D eigenvalue weighted by atomic mass is 32.2. The van der Waals surface area contributed by atoms with Gasteiger partial charge in [-0.3, -0.25) is 4.79 Å². The van der Waals surface area contributed by atoms with Crippen LogP contribution < -0.4 is 15.5 Å². The van der Waals surface area contributed by atoms with Gasteiger partial charge >= 0.3 is 6.18 Å². The number of rotatable bonds is 7. The van der Waals surface area contributed by atoms with Crippen LogP contribution in [0.3, 0.4) is 0 Å². The van der Waals surface area contributed by atoms with E-state index >= 15 is 0 Å². The number of fused-ring (bicyclic) bond motifs is 1. The molecular formula is C27H31F3N6O4S2. The number of nitrogens with one attached hydrogen (secondary N) is 2. The summed E-state index contributed by atoms with van der Waals surface area (Å²) < 4.78 is 73.2. The Bertz CT molecular complexity index is 1590. The van der Waals surface area contributed by atoms with Crippen molar-refractivity contribution in [3.8, 4) is 10.6 Å². The molecule has 2 aliphatic heterocycles. The summed E-state index contributed by atoms with van der Waals surface area (Å²) in [5.41, 5.74) is 0.922. The molecule has 1 fully saturated rings. The fraction of sp³-hybridized carbons (Fsp3) is 0.444. The minimum absolute atomic E-state index is 0.00643. The van der Waals surface area contributed by atoms with Crippen LogP contribution in [-0.4, -0.2) is 87.9 Å². The van der Waals surface area contributed by atoms with Gasteiger partial charge in [-0.15, -0.1) is 11.3 Å². The number of anilines is 3. The van der Waals surface area contributed by atoms with Gasteiger partial charge < -0.3 is 25.2 Å². The molecule has 2 N–H and O–H groups in total. The number of benzene rings is 1. The third-order valence-corrected chi connectivity index (χ3v) is 10.3. The Morgan fingerprint density at radius 1 is 1.24 bits per heavy atom. The molecule has 0 saturated carbocycles. The maximum atomic E-state index is 14.1. The summed E-state index contributed by atoms with van der Waals surface area (Å²) in [6, 6.07) is 7.08. The first kappa shape index (κ1) is 30.2. The molecule has 1 saturated heterocycles. The second-order valence-electron chi connectivity index (χ2n) is 10.1. The number of amides is 1. The number of aromatic nitrogens is 2. The molecule has 5 rings (SSSR count). The van der Waals surface area contributed by atoms with Gasteiger partial charge in [0.15, 0.2) is 9.84 Å². The topological polar surface area (TPSA) is 117 Å². The first-order valence-electron chi connectivity index (χ1n) is 13.4. The molecule has 0 spiro atoms. The molecule has 0 aliphatic carbocycles. The van der Waals surface area contributed by atoms with E-state index in [-0.39, 0.29) is 38.9 Å². The van der Waals surface area contributed by atoms with Gasteiger partial charge in [0.05, 0.1) is 33.9 Å². The van der Waals surface area contributed by atoms with Crippen molar-refractivity contribution in [2.24, 2.45) is 0 Å². The monoisotopic (exact) mass is 624 g/mol. The average Bonchev–Trinajstić information content (AvgIpc) is 3.40. The van der Waals surface area contributed by atoms with Crippen molar-refractivity contribution in [2.75, 3.05) is 62.9 Å². The SMILES string of the molecule is CCc1cc(N2CCNC[C@@H]2COC)ccc1Nc1ncc(C(F)(F)F)c(-c2cc3c(s2)C(=O)N(C)CCS3(=O)=O)n1. The van der Waals surface area contributed by atoms with Crippen LogP contribution in [-0.2, 0) is 27.2 Å². The summed E-state index contributed by atoms with van der Waals surface area (Å²) in [7, 11) is -0.758. The summed E-state index contributed by atoms with van der Waals surface area (Å²) in [6.07, 6.45) is -3.50. The van der Waals surface area contributed by atoms with Gasteiger partial charge in [0.1, 0.15) is 10.4 Å². The largest absolute Gasteiger partial charge is 0.420 e. The van der Waals surface area contributed by atoms with E-state index in [1.165, 1.54) is 11.9 Å². The number of hydrogen-bond acceptors (Lipinski definition) is 10. The maximum Gasteiger partial charge on any atom is 0.420 e. The van der Waals surface area contributed by atoms with Gasteiger partial charge in [-0.05, 0) is 36.2 Å². The van der Waals surface area contributed by atoms with Gasteiger partial charge in [-0.25, -0.2) is 18.4 Å². The lowest BCUT2D eigenvalue weighted by atomic mass is 10.1. The number of methoxy groups -OCH3 is 1. The standard InChI is InChI=1S/C27H31F3N6O4S2/c1-4-16-11-17(36-8-7-31-13-18(36)15-40-3)5-6-20(16)33-26-32-14-19(27(28,29)30)23(34-26)21-12-22-24(41-21)25(37)35(2)9-10-42(22,38)39/h5-6,11-12,14,18,31H,4,7-10,13,15H2,1-3H3,(H,32,33,34)/t18-/m1/s1. The van der Waals surface area contributed by atoms with Gasteiger partial charge in [0, 0.05) is 57.9 Å². The van der Waals surface area contributed by atoms with Crippen LogP contribution in [0, 0.1) is 0 Å². The van der Waals surface area contributed by atoms with E-state index in [2.05, 4.69) is 25.5 Å². The summed E-state index contributed by atoms with van der Waals surface area (Å²) in [6.45, 7) is 4.94. The van der Waals surface area contributed by atoms with Crippen molar-refractivity contribution in [3.05, 3.63) is 46.5 Å². The lowest BCUT2D eigenvalue weighted by molar-refractivity contribution is -0.137. The Labute approximate surface area is 245 Å². The number of aryl methyl sites for hydroxylation is 1. The van der Waals surface area contributed by atoms with Crippen molar-refractivity contribution in [3.63, 3.8) is 0 Å². The molecule has 1 amide bonds. The van der Waals surface area contributed by atoms with Crippen molar-refractivity contribution < 1.29 is 31.1 Å². The molecule has 1 aromatic carbocycles. The summed E-state index contributed by atoms with van der Waals surface area (Å²) in [5, 5.41) is 6.42. The van der Waals surface area contributed by atoms with Crippen LogP contribution in [0.15, 0.2) is 35.4 Å². The van der Waals surface area contributed by atoms with E-state index < -0.39 is 33.2 Å². The highest BCUT2D eigenvalue weighted by molar-refractivity contribution is 7.91. The fourth-order valence-electron chi connectivity index (χ4n) is 5.09. The number of hydrogen-bond donors (Lipinski definition) is 2. The van der Waals surface area contributed by atoms with E-state index in [1.54, 1.807) is 7.11 Å². The highest BCUT2D eigenvalue weighted by Crippen LogP contribution is 2.42. The average molecular weight is 625 g/mol. The predicted octanol–water partition coefficient (Wildman–Crippen LogP) is 3.81. The number of halogens is 3. The molecular weight excluding hydrogens is 593 g/mol. The normalized spacial score (nSPS) is 19.0. The molecule has 1 atom stereocenters. The number of ether oxygens (including phenoxy) is 1. The fourth-order valence-corrected chi connectivity index (χ4v) is 8.12. The number of thiophene rings is 1. The van der Waals surface area contributed by atoms with Gasteiger partial charge in [-0.1, -0.05) is 6.92 Å². The third-order valence-electron chi connectivity index (χ3n) is 7.35. The molecule has 15 heteroatoms. The van der Waals surface area contributed by atoms with E-state index in [1.807, 2.05) is 25.1 Å². The first-order chi connectivity index (χ1) is 19.9. The first-order valence-corrected chi connectivity index (χ1v) is 15.8. The van der Waals surface area contributed by atoms with Crippen molar-refractivity contribution in [1.82, 2.24) is 20.2 Å². The van der Waals surface area contributed by atoms with E-state index in [0.29, 0.717) is 36.2 Å². The second kappa shape index (κ2) is 11.8. The lowest BCUT2D eigenvalue weighted by Crippen LogP contribution is -2.53. The minimum Gasteiger partial charge on any atom is -0.383 e. The Kier molecular flexibility index (Phi) is 8.47. The maximum absolute atomic E-state index is 14.1. The van der Waals surface area contributed by atoms with Crippen molar-refractivity contribution >= 4 is 44.4 Å². The molecule has 4 heterocycles. The van der Waals surface area contributed by atoms with Crippen LogP contribution in [0.1, 0.15) is 27.7 Å². The smallest absolute Gasteiger partial charge is 0.383 e. The van der Waals surface area contributed by atoms with E-state index in [0.717, 1.165) is 37.0 Å². The van der Waals surface area contributed by atoms with Crippen LogP contribution in [0.2, 0.25) is 0 Å². The van der Waals surface area contributed by atoms with Gasteiger partial charge in [0.2, 0.25) is 5.95 Å². The number of piperazine rings is 1. The highest BCUT2D eigenvalue weighted by Gasteiger charge is 2.38. The zero-order chi connectivity index (χ0) is 30.2. The van der Waals surface area contributed by atoms with Gasteiger partial charge in [0.25, 0.3) is 5.91 Å². The van der Waals surface area contributed by atoms with Crippen LogP contribution in [0.25, 0.3) is 10.6 Å². The summed E-state index contributed by atoms with van der Waals surface area (Å²) in [4.78, 5) is 24.0. The molecule has 2 aromatic heterocycles. The van der Waals surface area contributed by atoms with Crippen LogP contribution in [0.4, 0.5) is 30.5 Å². The minimum atomic E-state index is -4.81. The number of nitrogens with zero attached hydrogens (tertiary/aromatic N) is 4. The molecule has 42 heavy (non-hydrogen) atoms. The summed E-state index contributed by atoms with van der Waals surface area (Å²) >= 11 is 0.681. The molecule has 0 bridgehead atoms. The van der Waals surface area contributed by atoms with E-state index in [4.69, 9.17) is 4.74 Å². The number of alkyl halides is 3. The van der Waals surface area contributed by atoms with Gasteiger partial charge in [-0.2, -0.15) is 13.2 Å². The third kappa shape index (κ3) is 5.96. The zero-order valence-electron chi connectivity index (χ0n) is 23.3. The Morgan fingerprint density at radius 3 is 2.74 bits per heavy atom. The summed E-state index contributed by atoms with van der Waals surface area (Å²) in [5.74, 6) is -0.972. The van der Waals surface area contributed by atoms with Crippen LogP contribution >= 0.6 is 11.3 Å². The molecule has 3 aromatic rings. The zero-order valence-corrected chi connectivity index (χ0v) is 24.9. The lowest BCUT2D eigenvalue weighted by Gasteiger charge is -2.38. The number of sulfone groups is 1. The predicted molar refractivity (Wildman–Crippen MR) is 154 cm³/mol. The van der Waals surface area contributed by atoms with Crippen molar-refractivity contribution in [2.45, 2.75) is 30.5 Å². The Balaban J connectivity index is 1.52. The molecule has 2 aliphatic rings. The van der Waals surface area contributed by atoms with E-state index in [9.17, 15) is 26.4 Å². The number of carbonyl (C=O) groups excluding carboxylic acids is 1. The second-order valence-corrected chi connectivity index (χ2v) is 13.3. The molecule has 0 unspecified atom stereocenters. The Hall–Kier alpha value is -3.27.